The Hall–Kier alpha value is -3.15. The molecule has 0 saturated carbocycles. The molecule has 0 aliphatic heterocycles. The maximum absolute atomic E-state index is 12.4. The van der Waals surface area contributed by atoms with E-state index in [0.29, 0.717) is 0 Å². The van der Waals surface area contributed by atoms with Crippen LogP contribution in [0.1, 0.15) is 21.6 Å². The van der Waals surface area contributed by atoms with Gasteiger partial charge in [-0.2, -0.15) is 4.68 Å². The number of nitrogen functional groups attached to an aromatic ring is 1. The van der Waals surface area contributed by atoms with Crippen molar-refractivity contribution in [2.75, 3.05) is 11.1 Å². The largest absolute Gasteiger partial charge is 0.382 e. The van der Waals surface area contributed by atoms with Crippen LogP contribution in [0, 0.1) is 13.8 Å². The van der Waals surface area contributed by atoms with E-state index in [4.69, 9.17) is 5.73 Å². The highest BCUT2D eigenvalue weighted by Gasteiger charge is 2.19. The highest BCUT2D eigenvalue weighted by atomic mass is 16.2. The zero-order chi connectivity index (χ0) is 16.4. The lowest BCUT2D eigenvalue weighted by Gasteiger charge is -2.09. The predicted molar refractivity (Wildman–Crippen MR) is 89.6 cm³/mol. The van der Waals surface area contributed by atoms with Crippen LogP contribution in [-0.2, 0) is 0 Å². The molecule has 0 fully saturated rings. The molecule has 3 rings (SSSR count). The zero-order valence-corrected chi connectivity index (χ0v) is 12.9. The van der Waals surface area contributed by atoms with E-state index in [1.165, 1.54) is 4.68 Å². The van der Waals surface area contributed by atoms with Gasteiger partial charge in [-0.3, -0.25) is 4.79 Å². The molecule has 0 aliphatic carbocycles. The summed E-state index contributed by atoms with van der Waals surface area (Å²) >= 11 is 0. The van der Waals surface area contributed by atoms with E-state index in [9.17, 15) is 4.79 Å². The van der Waals surface area contributed by atoms with Crippen LogP contribution in [0.25, 0.3) is 5.69 Å². The molecule has 0 atom stereocenters. The third-order valence-corrected chi connectivity index (χ3v) is 3.77. The number of nitrogens with two attached hydrogens (primary N) is 1. The lowest BCUT2D eigenvalue weighted by Crippen LogP contribution is -2.16. The summed E-state index contributed by atoms with van der Waals surface area (Å²) in [6, 6.07) is 15.0. The molecule has 3 aromatic rings. The molecule has 0 aliphatic rings. The van der Waals surface area contributed by atoms with Gasteiger partial charge in [-0.15, -0.1) is 5.10 Å². The molecule has 3 N–H and O–H groups in total. The number of nitrogens with zero attached hydrogens (tertiary/aromatic N) is 3. The van der Waals surface area contributed by atoms with E-state index >= 15 is 0 Å². The maximum Gasteiger partial charge on any atom is 0.280 e. The molecule has 23 heavy (non-hydrogen) atoms. The van der Waals surface area contributed by atoms with E-state index in [1.54, 1.807) is 0 Å². The summed E-state index contributed by atoms with van der Waals surface area (Å²) in [7, 11) is 0. The predicted octanol–water partition coefficient (Wildman–Crippen LogP) is 2.72. The van der Waals surface area contributed by atoms with Crippen LogP contribution in [0.3, 0.4) is 0 Å². The third-order valence-electron chi connectivity index (χ3n) is 3.77. The smallest absolute Gasteiger partial charge is 0.280 e. The Kier molecular flexibility index (Phi) is 3.80. The molecule has 0 radical (unpaired) electrons. The number of nitrogens with one attached hydrogen (secondary N) is 1. The van der Waals surface area contributed by atoms with E-state index in [1.807, 2.05) is 62.4 Å². The Morgan fingerprint density at radius 3 is 2.57 bits per heavy atom. The first-order valence-electron chi connectivity index (χ1n) is 7.22. The number of benzene rings is 2. The highest BCUT2D eigenvalue weighted by molar-refractivity contribution is 6.06. The Balaban J connectivity index is 1.89. The van der Waals surface area contributed by atoms with Gasteiger partial charge in [-0.1, -0.05) is 35.5 Å². The topological polar surface area (TPSA) is 85.8 Å². The van der Waals surface area contributed by atoms with Crippen molar-refractivity contribution in [2.45, 2.75) is 13.8 Å². The molecule has 1 amide bonds. The molecule has 1 heterocycles. The number of carbonyl (C=O) groups is 1. The van der Waals surface area contributed by atoms with Crippen molar-refractivity contribution in [3.8, 4) is 5.69 Å². The van der Waals surface area contributed by atoms with Gasteiger partial charge in [0.1, 0.15) is 0 Å². The van der Waals surface area contributed by atoms with E-state index in [2.05, 4.69) is 15.6 Å². The molecule has 0 unspecified atom stereocenters. The molecule has 0 saturated heterocycles. The summed E-state index contributed by atoms with van der Waals surface area (Å²) in [4.78, 5) is 12.4. The molecule has 2 aromatic carbocycles. The summed E-state index contributed by atoms with van der Waals surface area (Å²) in [6.45, 7) is 3.94. The number of hydrogen-bond acceptors (Lipinski definition) is 4. The Morgan fingerprint density at radius 1 is 1.09 bits per heavy atom. The quantitative estimate of drug-likeness (QED) is 0.779. The van der Waals surface area contributed by atoms with Crippen molar-refractivity contribution in [2.24, 2.45) is 0 Å². The van der Waals surface area contributed by atoms with Crippen molar-refractivity contribution in [3.63, 3.8) is 0 Å². The number of anilines is 2. The summed E-state index contributed by atoms with van der Waals surface area (Å²) in [5, 5.41) is 10.7. The minimum Gasteiger partial charge on any atom is -0.382 e. The number of amides is 1. The van der Waals surface area contributed by atoms with Crippen molar-refractivity contribution >= 4 is 17.4 Å². The number of hydrogen-bond donors (Lipinski definition) is 2. The fourth-order valence-corrected chi connectivity index (χ4v) is 2.28. The lowest BCUT2D eigenvalue weighted by molar-refractivity contribution is 0.102. The van der Waals surface area contributed by atoms with Crippen LogP contribution in [0.4, 0.5) is 11.5 Å². The minimum atomic E-state index is -0.376. The second kappa shape index (κ2) is 5.92. The molecule has 6 nitrogen and oxygen atoms in total. The lowest BCUT2D eigenvalue weighted by atomic mass is 10.1. The van der Waals surface area contributed by atoms with E-state index in [-0.39, 0.29) is 17.4 Å². The van der Waals surface area contributed by atoms with Gasteiger partial charge in [0.25, 0.3) is 5.91 Å². The number of para-hydroxylation sites is 1. The first-order chi connectivity index (χ1) is 11.1. The average Bonchev–Trinajstić information content (AvgIpc) is 2.94. The van der Waals surface area contributed by atoms with Gasteiger partial charge in [0.2, 0.25) is 0 Å². The SMILES string of the molecule is Cc1cccc(NC(=O)c2nnn(-c3ccccc3)c2N)c1C. The van der Waals surface area contributed by atoms with Crippen molar-refractivity contribution in [1.82, 2.24) is 15.0 Å². The van der Waals surface area contributed by atoms with Crippen LogP contribution in [0.15, 0.2) is 48.5 Å². The molecule has 0 bridgehead atoms. The second-order valence-corrected chi connectivity index (χ2v) is 5.27. The summed E-state index contributed by atoms with van der Waals surface area (Å²) in [5.41, 5.74) is 9.74. The van der Waals surface area contributed by atoms with Crippen LogP contribution in [0.2, 0.25) is 0 Å². The minimum absolute atomic E-state index is 0.106. The van der Waals surface area contributed by atoms with Crippen LogP contribution < -0.4 is 11.1 Å². The first kappa shape index (κ1) is 14.8. The monoisotopic (exact) mass is 307 g/mol. The van der Waals surface area contributed by atoms with Gasteiger partial charge in [-0.25, -0.2) is 0 Å². The third kappa shape index (κ3) is 2.78. The molecular weight excluding hydrogens is 290 g/mol. The highest BCUT2D eigenvalue weighted by Crippen LogP contribution is 2.20. The van der Waals surface area contributed by atoms with Gasteiger partial charge in [0.05, 0.1) is 5.69 Å². The van der Waals surface area contributed by atoms with Crippen molar-refractivity contribution < 1.29 is 4.79 Å². The normalized spacial score (nSPS) is 10.5. The molecule has 1 aromatic heterocycles. The number of aryl methyl sites for hydroxylation is 1. The Bertz CT molecular complexity index is 855. The first-order valence-corrected chi connectivity index (χ1v) is 7.22. The van der Waals surface area contributed by atoms with Crippen molar-refractivity contribution in [1.29, 1.82) is 0 Å². The molecule has 116 valence electrons. The van der Waals surface area contributed by atoms with Crippen LogP contribution in [0.5, 0.6) is 0 Å². The number of rotatable bonds is 3. The van der Waals surface area contributed by atoms with E-state index in [0.717, 1.165) is 22.5 Å². The number of carbonyl (C=O) groups excluding carboxylic acids is 1. The standard InChI is InChI=1S/C17H17N5O/c1-11-7-6-10-14(12(11)2)19-17(23)15-16(18)22(21-20-15)13-8-4-3-5-9-13/h3-10H,18H2,1-2H3,(H,19,23). The van der Waals surface area contributed by atoms with Crippen molar-refractivity contribution in [3.05, 3.63) is 65.4 Å². The zero-order valence-electron chi connectivity index (χ0n) is 12.9. The van der Waals surface area contributed by atoms with Gasteiger partial charge >= 0.3 is 0 Å². The van der Waals surface area contributed by atoms with Gasteiger partial charge in [0, 0.05) is 5.69 Å². The van der Waals surface area contributed by atoms with Gasteiger partial charge in [-0.05, 0) is 43.2 Å². The molecule has 6 heteroatoms. The molecule has 0 spiro atoms. The fourth-order valence-electron chi connectivity index (χ4n) is 2.28. The van der Waals surface area contributed by atoms with E-state index < -0.39 is 0 Å². The van der Waals surface area contributed by atoms with Crippen LogP contribution in [-0.4, -0.2) is 20.9 Å². The maximum atomic E-state index is 12.4. The second-order valence-electron chi connectivity index (χ2n) is 5.27. The summed E-state index contributed by atoms with van der Waals surface area (Å²) in [5.74, 6) is -0.169. The summed E-state index contributed by atoms with van der Waals surface area (Å²) in [6.07, 6.45) is 0. The van der Waals surface area contributed by atoms with Gasteiger partial charge in [0.15, 0.2) is 11.5 Å². The van der Waals surface area contributed by atoms with Gasteiger partial charge < -0.3 is 11.1 Å². The summed E-state index contributed by atoms with van der Waals surface area (Å²) < 4.78 is 1.44. The van der Waals surface area contributed by atoms with Crippen LogP contribution >= 0.6 is 0 Å². The average molecular weight is 307 g/mol. The Labute approximate surface area is 133 Å². The molecular formula is C17H17N5O. The Morgan fingerprint density at radius 2 is 1.83 bits per heavy atom. The fraction of sp³-hybridized carbons (Fsp3) is 0.118. The number of aromatic nitrogens is 3.